The lowest BCUT2D eigenvalue weighted by molar-refractivity contribution is -0.590. The van der Waals surface area contributed by atoms with Crippen molar-refractivity contribution in [2.45, 2.75) is 0 Å². The van der Waals surface area contributed by atoms with Crippen LogP contribution in [0.15, 0.2) is 29.1 Å². The summed E-state index contributed by atoms with van der Waals surface area (Å²) in [5.74, 6) is 0. The zero-order chi connectivity index (χ0) is 10.1. The molecule has 0 fully saturated rings. The van der Waals surface area contributed by atoms with Crippen LogP contribution in [-0.4, -0.2) is 4.37 Å². The van der Waals surface area contributed by atoms with E-state index in [2.05, 4.69) is 4.37 Å². The zero-order valence-corrected chi connectivity index (χ0v) is 10.2. The standard InChI is InChI=1S/C9H7ClN2OS.ClH/c1-12-8(9(13)11-14-12)6-2-4-7(10)5-3-6;/h2-5H,1H3;1H. The largest absolute Gasteiger partial charge is 1.00 e. The Kier molecular flexibility index (Phi) is 3.90. The Labute approximate surface area is 102 Å². The molecule has 0 saturated heterocycles. The van der Waals surface area contributed by atoms with Crippen molar-refractivity contribution in [1.82, 2.24) is 4.37 Å². The van der Waals surface area contributed by atoms with Gasteiger partial charge in [-0.3, -0.25) is 0 Å². The molecule has 0 radical (unpaired) electrons. The van der Waals surface area contributed by atoms with Crippen LogP contribution in [0.5, 0.6) is 0 Å². The Morgan fingerprint density at radius 1 is 1.33 bits per heavy atom. The van der Waals surface area contributed by atoms with E-state index in [1.807, 2.05) is 19.2 Å². The van der Waals surface area contributed by atoms with Gasteiger partial charge in [-0.15, -0.1) is 0 Å². The fraction of sp³-hybridized carbons (Fsp3) is 0.111. The zero-order valence-electron chi connectivity index (χ0n) is 7.83. The molecule has 0 spiro atoms. The maximum absolute atomic E-state index is 11.4. The topological polar surface area (TPSA) is 36.7 Å². The van der Waals surface area contributed by atoms with Crippen LogP contribution in [0, 0.1) is 0 Å². The molecule has 0 unspecified atom stereocenters. The van der Waals surface area contributed by atoms with Crippen molar-refractivity contribution in [3.8, 4) is 11.3 Å². The van der Waals surface area contributed by atoms with Gasteiger partial charge in [0.1, 0.15) is 0 Å². The third-order valence-corrected chi connectivity index (χ3v) is 2.91. The minimum absolute atomic E-state index is 0. The first-order valence-electron chi connectivity index (χ1n) is 4.02. The fourth-order valence-electron chi connectivity index (χ4n) is 1.27. The van der Waals surface area contributed by atoms with Gasteiger partial charge in [-0.1, -0.05) is 11.6 Å². The molecule has 6 heteroatoms. The number of hydrogen-bond donors (Lipinski definition) is 1. The highest BCUT2D eigenvalue weighted by Gasteiger charge is 2.15. The molecule has 2 aromatic rings. The molecule has 0 bridgehead atoms. The van der Waals surface area contributed by atoms with E-state index < -0.39 is 0 Å². The maximum atomic E-state index is 11.4. The number of nitrogens with one attached hydrogen (secondary N) is 1. The number of aromatic nitrogens is 2. The van der Waals surface area contributed by atoms with E-state index in [1.54, 1.807) is 16.1 Å². The summed E-state index contributed by atoms with van der Waals surface area (Å²) in [6, 6.07) is 7.21. The van der Waals surface area contributed by atoms with Crippen LogP contribution in [0.3, 0.4) is 0 Å². The van der Waals surface area contributed by atoms with E-state index in [0.717, 1.165) is 5.56 Å². The van der Waals surface area contributed by atoms with Crippen LogP contribution in [-0.2, 0) is 7.05 Å². The van der Waals surface area contributed by atoms with Crippen molar-refractivity contribution in [3.63, 3.8) is 0 Å². The predicted molar refractivity (Wildman–Crippen MR) is 56.6 cm³/mol. The van der Waals surface area contributed by atoms with Gasteiger partial charge in [0.05, 0.1) is 7.05 Å². The Morgan fingerprint density at radius 3 is 2.40 bits per heavy atom. The fourth-order valence-corrected chi connectivity index (χ4v) is 1.99. The monoisotopic (exact) mass is 262 g/mol. The number of nitrogens with zero attached hydrogens (tertiary/aromatic N) is 1. The smallest absolute Gasteiger partial charge is 0.390 e. The van der Waals surface area contributed by atoms with Crippen LogP contribution in [0.2, 0.25) is 5.02 Å². The van der Waals surface area contributed by atoms with E-state index in [0.29, 0.717) is 10.7 Å². The first-order chi connectivity index (χ1) is 6.68. The Hall–Kier alpha value is -0.840. The summed E-state index contributed by atoms with van der Waals surface area (Å²) in [6.45, 7) is 0. The molecule has 1 N–H and O–H groups in total. The second-order valence-electron chi connectivity index (χ2n) is 2.88. The number of benzene rings is 1. The van der Waals surface area contributed by atoms with Crippen molar-refractivity contribution < 1.29 is 16.4 Å². The van der Waals surface area contributed by atoms with E-state index in [-0.39, 0.29) is 18.0 Å². The minimum atomic E-state index is -0.0696. The van der Waals surface area contributed by atoms with Crippen molar-refractivity contribution in [2.24, 2.45) is 7.05 Å². The van der Waals surface area contributed by atoms with Gasteiger partial charge in [0.25, 0.3) is 0 Å². The van der Waals surface area contributed by atoms with Crippen molar-refractivity contribution in [2.75, 3.05) is 0 Å². The number of aromatic amines is 1. The third-order valence-electron chi connectivity index (χ3n) is 1.92. The third kappa shape index (κ3) is 2.40. The van der Waals surface area contributed by atoms with Crippen LogP contribution in [0.1, 0.15) is 0 Å². The highest BCUT2D eigenvalue weighted by Crippen LogP contribution is 2.15. The minimum Gasteiger partial charge on any atom is -1.00 e. The average Bonchev–Trinajstić information content (AvgIpc) is 2.49. The lowest BCUT2D eigenvalue weighted by Crippen LogP contribution is -3.00. The second kappa shape index (κ2) is 4.79. The van der Waals surface area contributed by atoms with Crippen molar-refractivity contribution in [1.29, 1.82) is 0 Å². The van der Waals surface area contributed by atoms with Gasteiger partial charge in [0, 0.05) is 10.6 Å². The number of aryl methyl sites for hydroxylation is 1. The van der Waals surface area contributed by atoms with Gasteiger partial charge >= 0.3 is 5.56 Å². The number of hydrogen-bond acceptors (Lipinski definition) is 2. The first kappa shape index (κ1) is 12.2. The molecule has 1 aromatic heterocycles. The van der Waals surface area contributed by atoms with Gasteiger partial charge in [-0.2, -0.15) is 8.33 Å². The predicted octanol–water partition coefficient (Wildman–Crippen LogP) is -1.41. The summed E-state index contributed by atoms with van der Waals surface area (Å²) in [6.07, 6.45) is 0. The summed E-state index contributed by atoms with van der Waals surface area (Å²) in [7, 11) is 1.84. The lowest BCUT2D eigenvalue weighted by atomic mass is 10.2. The molecule has 0 aliphatic carbocycles. The summed E-state index contributed by atoms with van der Waals surface area (Å²) < 4.78 is 4.46. The highest BCUT2D eigenvalue weighted by molar-refractivity contribution is 6.94. The van der Waals surface area contributed by atoms with Crippen molar-refractivity contribution in [3.05, 3.63) is 39.6 Å². The molecule has 80 valence electrons. The van der Waals surface area contributed by atoms with E-state index >= 15 is 0 Å². The van der Waals surface area contributed by atoms with Gasteiger partial charge in [0.15, 0.2) is 0 Å². The molecular weight excluding hydrogens is 255 g/mol. The van der Waals surface area contributed by atoms with Crippen LogP contribution in [0.4, 0.5) is 0 Å². The van der Waals surface area contributed by atoms with E-state index in [9.17, 15) is 4.79 Å². The van der Waals surface area contributed by atoms with Crippen LogP contribution >= 0.6 is 23.3 Å². The molecule has 0 atom stereocenters. The number of halogens is 2. The Bertz CT molecular complexity index is 504. The molecule has 0 aliphatic heterocycles. The van der Waals surface area contributed by atoms with E-state index in [4.69, 9.17) is 11.6 Å². The van der Waals surface area contributed by atoms with Crippen molar-refractivity contribution >= 4 is 23.3 Å². The maximum Gasteiger partial charge on any atom is 0.390 e. The van der Waals surface area contributed by atoms with Gasteiger partial charge in [-0.05, 0) is 24.3 Å². The molecule has 1 aromatic carbocycles. The second-order valence-corrected chi connectivity index (χ2v) is 4.25. The summed E-state index contributed by atoms with van der Waals surface area (Å²) in [5, 5.41) is 0.670. The molecule has 2 rings (SSSR count). The summed E-state index contributed by atoms with van der Waals surface area (Å²) in [5.41, 5.74) is 1.46. The molecular formula is C9H8Cl2N2OS. The molecule has 1 heterocycles. The molecule has 15 heavy (non-hydrogen) atoms. The quantitative estimate of drug-likeness (QED) is 0.630. The highest BCUT2D eigenvalue weighted by atomic mass is 35.5. The van der Waals surface area contributed by atoms with Gasteiger partial charge < -0.3 is 12.4 Å². The van der Waals surface area contributed by atoms with Crippen LogP contribution in [0.25, 0.3) is 11.3 Å². The molecule has 0 saturated carbocycles. The molecule has 0 aliphatic rings. The van der Waals surface area contributed by atoms with E-state index in [1.165, 1.54) is 11.7 Å². The van der Waals surface area contributed by atoms with Gasteiger partial charge in [-0.25, -0.2) is 4.79 Å². The molecule has 3 nitrogen and oxygen atoms in total. The average molecular weight is 263 g/mol. The SMILES string of the molecule is C[n+]1s[nH]c(=O)c1-c1ccc(Cl)cc1.[Cl-]. The number of H-pyrrole nitrogens is 1. The van der Waals surface area contributed by atoms with Gasteiger partial charge in [0.2, 0.25) is 17.4 Å². The first-order valence-corrected chi connectivity index (χ1v) is 5.17. The normalized spacial score (nSPS) is 9.73. The molecule has 0 amide bonds. The number of rotatable bonds is 1. The Balaban J connectivity index is 0.00000112. The van der Waals surface area contributed by atoms with Crippen LogP contribution < -0.4 is 21.9 Å². The summed E-state index contributed by atoms with van der Waals surface area (Å²) in [4.78, 5) is 11.4. The Morgan fingerprint density at radius 2 is 1.93 bits per heavy atom. The lowest BCUT2D eigenvalue weighted by Gasteiger charge is -1.94. The summed E-state index contributed by atoms with van der Waals surface area (Å²) >= 11 is 7.04.